The zero-order valence-corrected chi connectivity index (χ0v) is 14.7. The van der Waals surface area contributed by atoms with Crippen molar-refractivity contribution in [3.63, 3.8) is 0 Å². The molecule has 0 unspecified atom stereocenters. The van der Waals surface area contributed by atoms with E-state index in [1.54, 1.807) is 0 Å². The van der Waals surface area contributed by atoms with Gasteiger partial charge in [-0.2, -0.15) is 13.2 Å². The zero-order chi connectivity index (χ0) is 20.8. The molecule has 1 aromatic carbocycles. The molecule has 1 rings (SSSR count). The average Bonchev–Trinajstić information content (AvgIpc) is 2.57. The Kier molecular flexibility index (Phi) is 7.49. The summed E-state index contributed by atoms with van der Waals surface area (Å²) in [6.45, 7) is 3.14. The number of nitrogens with one attached hydrogen (secondary N) is 1. The van der Waals surface area contributed by atoms with Crippen LogP contribution in [0.2, 0.25) is 0 Å². The van der Waals surface area contributed by atoms with Crippen molar-refractivity contribution < 1.29 is 27.8 Å². The molecular formula is C15H19F3N4O5. The third-order valence-corrected chi connectivity index (χ3v) is 3.56. The fourth-order valence-electron chi connectivity index (χ4n) is 2.33. The van der Waals surface area contributed by atoms with Crippen molar-refractivity contribution in [2.24, 2.45) is 0 Å². The van der Waals surface area contributed by atoms with E-state index in [4.69, 9.17) is 0 Å². The fourth-order valence-corrected chi connectivity index (χ4v) is 2.33. The standard InChI is InChI=1S/C15H19F3N4O5/c1-3-5-6-19-10-8-13(22(26)27)12(9-11(10)21(24)25)20(7-4-2)14(23)15(16,17)18/h8-9,19H,3-7H2,1-2H3. The normalized spacial score (nSPS) is 11.1. The van der Waals surface area contributed by atoms with E-state index < -0.39 is 45.5 Å². The molecule has 0 aliphatic heterocycles. The van der Waals surface area contributed by atoms with Crippen molar-refractivity contribution in [2.75, 3.05) is 23.3 Å². The monoisotopic (exact) mass is 392 g/mol. The van der Waals surface area contributed by atoms with E-state index in [1.165, 1.54) is 6.92 Å². The van der Waals surface area contributed by atoms with Crippen molar-refractivity contribution in [3.8, 4) is 0 Å². The predicted octanol–water partition coefficient (Wildman–Crippen LogP) is 4.02. The van der Waals surface area contributed by atoms with Gasteiger partial charge in [0.05, 0.1) is 9.85 Å². The van der Waals surface area contributed by atoms with E-state index in [0.717, 1.165) is 12.5 Å². The molecule has 0 aromatic heterocycles. The quantitative estimate of drug-likeness (QED) is 0.385. The Morgan fingerprint density at radius 2 is 1.70 bits per heavy atom. The number of carbonyl (C=O) groups is 1. The second kappa shape index (κ2) is 9.14. The molecule has 1 N–H and O–H groups in total. The number of amides is 1. The Morgan fingerprint density at radius 1 is 1.11 bits per heavy atom. The van der Waals surface area contributed by atoms with Gasteiger partial charge in [-0.3, -0.25) is 29.9 Å². The summed E-state index contributed by atoms with van der Waals surface area (Å²) in [4.78, 5) is 32.7. The number of alkyl halides is 3. The lowest BCUT2D eigenvalue weighted by molar-refractivity contribution is -0.387. The van der Waals surface area contributed by atoms with Crippen LogP contribution in [-0.4, -0.2) is 35.0 Å². The number of halogens is 3. The summed E-state index contributed by atoms with van der Waals surface area (Å²) in [6, 6.07) is 1.42. The highest BCUT2D eigenvalue weighted by Gasteiger charge is 2.44. The maximum atomic E-state index is 12.9. The molecule has 0 radical (unpaired) electrons. The third kappa shape index (κ3) is 5.53. The van der Waals surface area contributed by atoms with Gasteiger partial charge in [0, 0.05) is 25.2 Å². The summed E-state index contributed by atoms with van der Waals surface area (Å²) in [5.41, 5.74) is -2.44. The molecule has 1 aromatic rings. The molecule has 0 atom stereocenters. The second-order valence-electron chi connectivity index (χ2n) is 5.61. The lowest BCUT2D eigenvalue weighted by Crippen LogP contribution is -2.42. The van der Waals surface area contributed by atoms with E-state index in [2.05, 4.69) is 5.32 Å². The summed E-state index contributed by atoms with van der Waals surface area (Å²) in [5.74, 6) is -2.33. The van der Waals surface area contributed by atoms with Crippen LogP contribution in [0.1, 0.15) is 33.1 Å². The van der Waals surface area contributed by atoms with E-state index in [1.807, 2.05) is 6.92 Å². The maximum Gasteiger partial charge on any atom is 0.471 e. The van der Waals surface area contributed by atoms with Crippen molar-refractivity contribution in [1.82, 2.24) is 0 Å². The number of hydrogen-bond acceptors (Lipinski definition) is 6. The number of nitro benzene ring substituents is 2. The number of rotatable bonds is 9. The summed E-state index contributed by atoms with van der Waals surface area (Å²) >= 11 is 0. The Bertz CT molecular complexity index is 724. The van der Waals surface area contributed by atoms with Crippen LogP contribution in [0.5, 0.6) is 0 Å². The number of nitro groups is 2. The molecule has 150 valence electrons. The number of unbranched alkanes of at least 4 members (excludes halogenated alkanes) is 1. The molecule has 0 bridgehead atoms. The number of carbonyl (C=O) groups excluding carboxylic acids is 1. The van der Waals surface area contributed by atoms with E-state index in [-0.39, 0.29) is 23.6 Å². The first-order valence-corrected chi connectivity index (χ1v) is 8.13. The van der Waals surface area contributed by atoms with Gasteiger partial charge in [-0.05, 0) is 12.8 Å². The summed E-state index contributed by atoms with van der Waals surface area (Å²) in [5, 5.41) is 25.3. The van der Waals surface area contributed by atoms with Crippen molar-refractivity contribution in [1.29, 1.82) is 0 Å². The van der Waals surface area contributed by atoms with Crippen LogP contribution in [0.4, 0.5) is 35.9 Å². The van der Waals surface area contributed by atoms with Crippen LogP contribution < -0.4 is 10.2 Å². The fraction of sp³-hybridized carbons (Fsp3) is 0.533. The van der Waals surface area contributed by atoms with Gasteiger partial charge < -0.3 is 5.32 Å². The first kappa shape index (κ1) is 22.1. The SMILES string of the molecule is CCCCNc1cc([N+](=O)[O-])c(N(CCC)C(=O)C(F)(F)F)cc1[N+](=O)[O-]. The van der Waals surface area contributed by atoms with E-state index in [0.29, 0.717) is 12.5 Å². The van der Waals surface area contributed by atoms with Crippen LogP contribution >= 0.6 is 0 Å². The predicted molar refractivity (Wildman–Crippen MR) is 91.8 cm³/mol. The van der Waals surface area contributed by atoms with Gasteiger partial charge in [0.1, 0.15) is 11.4 Å². The molecule has 0 aliphatic rings. The van der Waals surface area contributed by atoms with E-state index in [9.17, 15) is 38.2 Å². The smallest absolute Gasteiger partial charge is 0.379 e. The maximum absolute atomic E-state index is 12.9. The van der Waals surface area contributed by atoms with Gasteiger partial charge in [-0.25, -0.2) is 0 Å². The van der Waals surface area contributed by atoms with Crippen LogP contribution in [0.25, 0.3) is 0 Å². The Balaban J connectivity index is 3.58. The van der Waals surface area contributed by atoms with Crippen LogP contribution in [-0.2, 0) is 4.79 Å². The number of anilines is 2. The van der Waals surface area contributed by atoms with Crippen LogP contribution in [0, 0.1) is 20.2 Å². The summed E-state index contributed by atoms with van der Waals surface area (Å²) < 4.78 is 38.6. The minimum absolute atomic E-state index is 0.0588. The van der Waals surface area contributed by atoms with Crippen LogP contribution in [0.15, 0.2) is 12.1 Å². The zero-order valence-electron chi connectivity index (χ0n) is 14.7. The highest BCUT2D eigenvalue weighted by molar-refractivity contribution is 6.00. The van der Waals surface area contributed by atoms with Crippen molar-refractivity contribution in [3.05, 3.63) is 32.4 Å². The molecule has 0 spiro atoms. The largest absolute Gasteiger partial charge is 0.471 e. The molecular weight excluding hydrogens is 373 g/mol. The Labute approximate surface area is 152 Å². The molecule has 1 amide bonds. The first-order chi connectivity index (χ1) is 12.5. The van der Waals surface area contributed by atoms with E-state index >= 15 is 0 Å². The minimum atomic E-state index is -5.28. The van der Waals surface area contributed by atoms with Gasteiger partial charge in [-0.1, -0.05) is 20.3 Å². The van der Waals surface area contributed by atoms with Crippen LogP contribution in [0.3, 0.4) is 0 Å². The first-order valence-electron chi connectivity index (χ1n) is 8.13. The number of benzene rings is 1. The van der Waals surface area contributed by atoms with Gasteiger partial charge >= 0.3 is 12.1 Å². The molecule has 9 nitrogen and oxygen atoms in total. The third-order valence-electron chi connectivity index (χ3n) is 3.56. The highest BCUT2D eigenvalue weighted by Crippen LogP contribution is 2.39. The summed E-state index contributed by atoms with van der Waals surface area (Å²) in [7, 11) is 0. The Hall–Kier alpha value is -2.92. The van der Waals surface area contributed by atoms with Gasteiger partial charge in [-0.15, -0.1) is 0 Å². The molecule has 0 saturated heterocycles. The molecule has 12 heteroatoms. The Morgan fingerprint density at radius 3 is 2.15 bits per heavy atom. The average molecular weight is 392 g/mol. The summed E-state index contributed by atoms with van der Waals surface area (Å²) in [6.07, 6.45) is -3.84. The molecule has 27 heavy (non-hydrogen) atoms. The number of nitrogens with zero attached hydrogens (tertiary/aromatic N) is 3. The van der Waals surface area contributed by atoms with Gasteiger partial charge in [0.25, 0.3) is 11.4 Å². The minimum Gasteiger partial charge on any atom is -0.379 e. The second-order valence-corrected chi connectivity index (χ2v) is 5.61. The highest BCUT2D eigenvalue weighted by atomic mass is 19.4. The van der Waals surface area contributed by atoms with Crippen molar-refractivity contribution >= 4 is 28.7 Å². The lowest BCUT2D eigenvalue weighted by Gasteiger charge is -2.23. The van der Waals surface area contributed by atoms with Gasteiger partial charge in [0.2, 0.25) is 0 Å². The molecule has 0 aliphatic carbocycles. The number of hydrogen-bond donors (Lipinski definition) is 1. The molecule has 0 saturated carbocycles. The molecule has 0 fully saturated rings. The van der Waals surface area contributed by atoms with Crippen molar-refractivity contribution in [2.45, 2.75) is 39.3 Å². The van der Waals surface area contributed by atoms with Gasteiger partial charge in [0.15, 0.2) is 0 Å². The lowest BCUT2D eigenvalue weighted by atomic mass is 10.1. The topological polar surface area (TPSA) is 119 Å². The molecule has 0 heterocycles.